The highest BCUT2D eigenvalue weighted by Gasteiger charge is 2.54. The Morgan fingerprint density at radius 1 is 0.976 bits per heavy atom. The monoisotopic (exact) mass is 569 g/mol. The third kappa shape index (κ3) is 5.02. The number of aryl methyl sites for hydroxylation is 2. The number of fused-ring (bicyclic) bond motifs is 3. The zero-order chi connectivity index (χ0) is 30.2. The first-order valence-electron chi connectivity index (χ1n) is 14.6. The molecule has 1 heterocycles. The van der Waals surface area contributed by atoms with Crippen LogP contribution in [0.15, 0.2) is 36.4 Å². The van der Waals surface area contributed by atoms with Crippen LogP contribution in [0.4, 0.5) is 0 Å². The molecule has 2 aromatic carbocycles. The molecule has 220 valence electrons. The number of likely N-dealkylation sites (N-methyl/N-ethyl adjacent to an activating group) is 1. The zero-order valence-corrected chi connectivity index (χ0v) is 24.6. The van der Waals surface area contributed by atoms with Crippen LogP contribution in [0.3, 0.4) is 0 Å². The molecule has 3 aliphatic rings. The first-order valence-corrected chi connectivity index (χ1v) is 14.6. The predicted octanol–water partition coefficient (Wildman–Crippen LogP) is 1.87. The number of hydrogen-bond donors (Lipinski definition) is 5. The summed E-state index contributed by atoms with van der Waals surface area (Å²) in [5, 5.41) is 30.8. The number of likely N-dealkylation sites (tertiary alicyclic amines) is 1. The Bertz CT molecular complexity index is 1410. The first-order chi connectivity index (χ1) is 20.2. The van der Waals surface area contributed by atoms with Gasteiger partial charge >= 0.3 is 0 Å². The Labute approximate surface area is 246 Å². The number of hydrogen-bond acceptors (Lipinski definition) is 6. The Balaban J connectivity index is 1.53. The summed E-state index contributed by atoms with van der Waals surface area (Å²) in [4.78, 5) is 40.0. The van der Waals surface area contributed by atoms with E-state index in [1.165, 1.54) is 0 Å². The van der Waals surface area contributed by atoms with Gasteiger partial charge in [-0.15, -0.1) is 0 Å². The third-order valence-corrected chi connectivity index (χ3v) is 9.20. The molecule has 42 heavy (non-hydrogen) atoms. The lowest BCUT2D eigenvalue weighted by Crippen LogP contribution is -2.50. The summed E-state index contributed by atoms with van der Waals surface area (Å²) in [5.41, 5.74) is 3.93. The topological polar surface area (TPSA) is 150 Å². The molecule has 0 unspecified atom stereocenters. The van der Waals surface area contributed by atoms with Gasteiger partial charge in [-0.25, -0.2) is 0 Å². The van der Waals surface area contributed by atoms with Crippen molar-refractivity contribution in [2.45, 2.75) is 62.6 Å². The molecule has 10 nitrogen and oxygen atoms in total. The van der Waals surface area contributed by atoms with E-state index < -0.39 is 5.41 Å². The van der Waals surface area contributed by atoms with Gasteiger partial charge in [0, 0.05) is 44.4 Å². The summed E-state index contributed by atoms with van der Waals surface area (Å²) in [7, 11) is 4.93. The van der Waals surface area contributed by atoms with Crippen molar-refractivity contribution in [2.75, 3.05) is 27.7 Å². The van der Waals surface area contributed by atoms with E-state index in [9.17, 15) is 25.1 Å². The maximum atomic E-state index is 13.2. The predicted molar refractivity (Wildman–Crippen MR) is 159 cm³/mol. The number of benzene rings is 2. The number of nitrogens with one attached hydrogen (secondary N) is 5. The second-order valence-corrected chi connectivity index (χ2v) is 11.7. The smallest absolute Gasteiger partial charge is 0.251 e. The molecule has 1 saturated carbocycles. The molecule has 0 spiro atoms. The lowest BCUT2D eigenvalue weighted by molar-refractivity contribution is -0.131. The maximum absolute atomic E-state index is 13.2. The molecule has 0 aromatic heterocycles. The summed E-state index contributed by atoms with van der Waals surface area (Å²) in [6.07, 6.45) is 3.46. The normalized spacial score (nSPS) is 21.9. The Hall–Kier alpha value is -4.23. The van der Waals surface area contributed by atoms with Crippen molar-refractivity contribution in [3.05, 3.63) is 69.8 Å². The number of amides is 3. The molecule has 3 amide bonds. The molecule has 2 fully saturated rings. The number of piperidine rings is 1. The van der Waals surface area contributed by atoms with E-state index in [2.05, 4.69) is 27.3 Å². The van der Waals surface area contributed by atoms with Gasteiger partial charge < -0.3 is 26.2 Å². The molecular formula is C32H39N7O3. The van der Waals surface area contributed by atoms with E-state index in [4.69, 9.17) is 0 Å². The van der Waals surface area contributed by atoms with Crippen molar-refractivity contribution in [1.82, 2.24) is 26.2 Å². The van der Waals surface area contributed by atoms with Crippen LogP contribution in [0.1, 0.15) is 69.2 Å². The highest BCUT2D eigenvalue weighted by atomic mass is 16.2. The van der Waals surface area contributed by atoms with Gasteiger partial charge in [0.05, 0.1) is 18.0 Å². The van der Waals surface area contributed by atoms with Crippen LogP contribution in [0.5, 0.6) is 0 Å². The van der Waals surface area contributed by atoms with Gasteiger partial charge in [-0.3, -0.25) is 19.8 Å². The number of carbonyl (C=O) groups is 3. The van der Waals surface area contributed by atoms with E-state index in [1.54, 1.807) is 38.2 Å². The Kier molecular flexibility index (Phi) is 8.06. The van der Waals surface area contributed by atoms with Crippen LogP contribution in [-0.2, 0) is 23.1 Å². The molecule has 1 saturated heterocycles. The first kappa shape index (κ1) is 29.3. The van der Waals surface area contributed by atoms with Gasteiger partial charge in [0.1, 0.15) is 11.9 Å². The molecule has 0 radical (unpaired) electrons. The molecular weight excluding hydrogens is 530 g/mol. The van der Waals surface area contributed by atoms with E-state index in [-0.39, 0.29) is 48.2 Å². The van der Waals surface area contributed by atoms with Crippen molar-refractivity contribution < 1.29 is 14.4 Å². The minimum atomic E-state index is -0.932. The van der Waals surface area contributed by atoms with Crippen molar-refractivity contribution in [2.24, 2.45) is 5.92 Å². The SMILES string of the molecule is CNC(=N)C1(C[C@H](C)NCC(=O)N2[C@H](C#N)C[C@@H]3C[C@@H]32)c2ccc(C(=O)NC)cc2CCc2cc(C(=O)NC)ccc21. The van der Waals surface area contributed by atoms with Crippen LogP contribution in [-0.4, -0.2) is 74.3 Å². The molecule has 1 aliphatic heterocycles. The van der Waals surface area contributed by atoms with Gasteiger partial charge in [-0.05, 0) is 91.5 Å². The number of nitriles is 1. The number of amidine groups is 1. The molecule has 0 bridgehead atoms. The number of rotatable bonds is 8. The summed E-state index contributed by atoms with van der Waals surface area (Å²) in [5.74, 6) is 0.314. The molecule has 4 atom stereocenters. The second-order valence-electron chi connectivity index (χ2n) is 11.7. The zero-order valence-electron chi connectivity index (χ0n) is 24.6. The van der Waals surface area contributed by atoms with Gasteiger partial charge in [0.15, 0.2) is 0 Å². The van der Waals surface area contributed by atoms with Crippen LogP contribution in [0.25, 0.3) is 0 Å². The molecule has 5 rings (SSSR count). The van der Waals surface area contributed by atoms with Crippen LogP contribution < -0.4 is 21.3 Å². The average Bonchev–Trinajstić information content (AvgIpc) is 3.71. The number of nitrogens with zero attached hydrogens (tertiary/aromatic N) is 2. The quantitative estimate of drug-likeness (QED) is 0.242. The third-order valence-electron chi connectivity index (χ3n) is 9.20. The van der Waals surface area contributed by atoms with Crippen molar-refractivity contribution in [1.29, 1.82) is 10.7 Å². The summed E-state index contributed by atoms with van der Waals surface area (Å²) in [6.45, 7) is 2.11. The second kappa shape index (κ2) is 11.6. The van der Waals surface area contributed by atoms with Gasteiger partial charge in [0.25, 0.3) is 11.8 Å². The molecule has 5 N–H and O–H groups in total. The van der Waals surface area contributed by atoms with E-state index >= 15 is 0 Å². The van der Waals surface area contributed by atoms with E-state index in [1.807, 2.05) is 31.2 Å². The number of carbonyl (C=O) groups excluding carboxylic acids is 3. The van der Waals surface area contributed by atoms with Gasteiger partial charge in [0.2, 0.25) is 5.91 Å². The Morgan fingerprint density at radius 3 is 2.05 bits per heavy atom. The maximum Gasteiger partial charge on any atom is 0.251 e. The average molecular weight is 570 g/mol. The lowest BCUT2D eigenvalue weighted by Gasteiger charge is -2.39. The highest BCUT2D eigenvalue weighted by molar-refractivity contribution is 5.98. The minimum Gasteiger partial charge on any atom is -0.376 e. The summed E-state index contributed by atoms with van der Waals surface area (Å²) < 4.78 is 0. The fourth-order valence-corrected chi connectivity index (χ4v) is 7.04. The molecule has 2 aliphatic carbocycles. The molecule has 2 aromatic rings. The van der Waals surface area contributed by atoms with Gasteiger partial charge in [-0.2, -0.15) is 5.26 Å². The Morgan fingerprint density at radius 2 is 1.55 bits per heavy atom. The lowest BCUT2D eigenvalue weighted by atomic mass is 9.67. The van der Waals surface area contributed by atoms with E-state index in [0.717, 1.165) is 35.1 Å². The highest BCUT2D eigenvalue weighted by Crippen LogP contribution is 2.48. The van der Waals surface area contributed by atoms with Crippen LogP contribution >= 0.6 is 0 Å². The van der Waals surface area contributed by atoms with E-state index in [0.29, 0.717) is 36.3 Å². The van der Waals surface area contributed by atoms with Crippen molar-refractivity contribution >= 4 is 23.6 Å². The fraction of sp³-hybridized carbons (Fsp3) is 0.469. The minimum absolute atomic E-state index is 0.0664. The molecule has 10 heteroatoms. The standard InChI is InChI=1S/C32H39N7O3/c1-18(38-17-28(40)39-24(16-33)13-23-14-27(23)39)15-32(31(34)37-4)25-9-7-21(29(41)35-2)11-19(25)5-6-20-12-22(30(42)36-3)8-10-26(20)32/h7-12,18,23-24,27,38H,5-6,13-15,17H2,1-4H3,(H2,34,37)(H,35,41)(H,36,42)/t18-,23+,24-,27-/m0/s1. The van der Waals surface area contributed by atoms with Crippen molar-refractivity contribution in [3.63, 3.8) is 0 Å². The van der Waals surface area contributed by atoms with Crippen LogP contribution in [0, 0.1) is 22.7 Å². The van der Waals surface area contributed by atoms with Gasteiger partial charge in [-0.1, -0.05) is 12.1 Å². The largest absolute Gasteiger partial charge is 0.376 e. The summed E-state index contributed by atoms with van der Waals surface area (Å²) >= 11 is 0. The van der Waals surface area contributed by atoms with Crippen LogP contribution in [0.2, 0.25) is 0 Å². The fourth-order valence-electron chi connectivity index (χ4n) is 7.04. The summed E-state index contributed by atoms with van der Waals surface area (Å²) in [6, 6.07) is 13.2. The van der Waals surface area contributed by atoms with Crippen molar-refractivity contribution in [3.8, 4) is 6.07 Å².